The summed E-state index contributed by atoms with van der Waals surface area (Å²) in [7, 11) is 0. The maximum absolute atomic E-state index is 9.11. The van der Waals surface area contributed by atoms with Crippen molar-refractivity contribution in [3.63, 3.8) is 0 Å². The molecule has 130 valence electrons. The van der Waals surface area contributed by atoms with Gasteiger partial charge in [0.15, 0.2) is 0 Å². The van der Waals surface area contributed by atoms with Crippen molar-refractivity contribution >= 4 is 0 Å². The summed E-state index contributed by atoms with van der Waals surface area (Å²) >= 11 is 0. The van der Waals surface area contributed by atoms with Gasteiger partial charge in [-0.2, -0.15) is 10.4 Å². The predicted octanol–water partition coefficient (Wildman–Crippen LogP) is 3.03. The van der Waals surface area contributed by atoms with E-state index in [0.717, 1.165) is 36.5 Å². The Morgan fingerprint density at radius 2 is 2.04 bits per heavy atom. The number of rotatable bonds is 5. The van der Waals surface area contributed by atoms with Gasteiger partial charge >= 0.3 is 0 Å². The van der Waals surface area contributed by atoms with E-state index in [-0.39, 0.29) is 0 Å². The van der Waals surface area contributed by atoms with Gasteiger partial charge in [-0.05, 0) is 29.8 Å². The molecule has 0 aliphatic carbocycles. The number of para-hydroxylation sites is 1. The van der Waals surface area contributed by atoms with E-state index in [4.69, 9.17) is 15.1 Å². The first-order valence-electron chi connectivity index (χ1n) is 8.78. The largest absolute Gasteiger partial charge is 0.487 e. The first-order chi connectivity index (χ1) is 12.8. The highest BCUT2D eigenvalue weighted by Gasteiger charge is 2.21. The molecule has 0 saturated carbocycles. The molecule has 0 radical (unpaired) electrons. The molecule has 0 bridgehead atoms. The molecule has 1 N–H and O–H groups in total. The lowest BCUT2D eigenvalue weighted by Gasteiger charge is -2.16. The molecule has 2 aromatic carbocycles. The minimum absolute atomic E-state index is 0.458. The molecule has 3 aromatic rings. The van der Waals surface area contributed by atoms with Gasteiger partial charge in [-0.3, -0.25) is 4.68 Å². The monoisotopic (exact) mass is 344 g/mol. The van der Waals surface area contributed by atoms with Crippen LogP contribution in [0.4, 0.5) is 0 Å². The molecule has 26 heavy (non-hydrogen) atoms. The summed E-state index contributed by atoms with van der Waals surface area (Å²) in [6.45, 7) is 2.90. The van der Waals surface area contributed by atoms with Crippen LogP contribution in [-0.4, -0.2) is 16.3 Å². The number of hydrogen-bond donors (Lipinski definition) is 1. The van der Waals surface area contributed by atoms with Gasteiger partial charge in [0, 0.05) is 30.8 Å². The fourth-order valence-electron chi connectivity index (χ4n) is 3.32. The van der Waals surface area contributed by atoms with Gasteiger partial charge in [0.25, 0.3) is 0 Å². The Balaban J connectivity index is 1.59. The Morgan fingerprint density at radius 3 is 2.88 bits per heavy atom. The number of nitriles is 1. The van der Waals surface area contributed by atoms with Crippen molar-refractivity contribution in [2.45, 2.75) is 26.1 Å². The van der Waals surface area contributed by atoms with Crippen LogP contribution in [0.5, 0.6) is 5.75 Å². The molecular weight excluding hydrogens is 324 g/mol. The molecule has 0 amide bonds. The molecule has 0 spiro atoms. The number of aromatic nitrogens is 2. The van der Waals surface area contributed by atoms with E-state index >= 15 is 0 Å². The van der Waals surface area contributed by atoms with Gasteiger partial charge in [-0.25, -0.2) is 0 Å². The van der Waals surface area contributed by atoms with Crippen molar-refractivity contribution in [3.05, 3.63) is 82.7 Å². The van der Waals surface area contributed by atoms with E-state index in [9.17, 15) is 0 Å². The molecule has 1 aliphatic rings. The average Bonchev–Trinajstić information content (AvgIpc) is 3.05. The van der Waals surface area contributed by atoms with Gasteiger partial charge in [0.2, 0.25) is 0 Å². The number of nitrogens with zero attached hydrogens (tertiary/aromatic N) is 3. The molecule has 5 heteroatoms. The summed E-state index contributed by atoms with van der Waals surface area (Å²) < 4.78 is 7.98. The molecule has 5 nitrogen and oxygen atoms in total. The maximum Gasteiger partial charge on any atom is 0.132 e. The highest BCUT2D eigenvalue weighted by Crippen LogP contribution is 2.21. The van der Waals surface area contributed by atoms with Gasteiger partial charge in [-0.1, -0.05) is 30.3 Å². The molecule has 4 rings (SSSR count). The van der Waals surface area contributed by atoms with Crippen molar-refractivity contribution in [2.24, 2.45) is 0 Å². The third-order valence-electron chi connectivity index (χ3n) is 4.60. The van der Waals surface area contributed by atoms with Crippen LogP contribution in [0, 0.1) is 11.3 Å². The van der Waals surface area contributed by atoms with Crippen molar-refractivity contribution in [1.82, 2.24) is 15.1 Å². The lowest BCUT2D eigenvalue weighted by Crippen LogP contribution is -2.25. The Morgan fingerprint density at radius 1 is 1.15 bits per heavy atom. The number of ether oxygens (including phenoxy) is 1. The second-order valence-electron chi connectivity index (χ2n) is 6.37. The minimum atomic E-state index is 0.458. The summed E-state index contributed by atoms with van der Waals surface area (Å²) in [5, 5.41) is 17.4. The molecule has 2 heterocycles. The second kappa shape index (κ2) is 7.42. The molecule has 1 aliphatic heterocycles. The number of benzene rings is 2. The summed E-state index contributed by atoms with van der Waals surface area (Å²) in [6, 6.07) is 19.7. The molecule has 0 atom stereocenters. The van der Waals surface area contributed by atoms with E-state index in [1.54, 1.807) is 0 Å². The van der Waals surface area contributed by atoms with Crippen LogP contribution in [0.2, 0.25) is 0 Å². The first kappa shape index (κ1) is 16.4. The highest BCUT2D eigenvalue weighted by atomic mass is 16.5. The predicted molar refractivity (Wildman–Crippen MR) is 98.7 cm³/mol. The summed E-state index contributed by atoms with van der Waals surface area (Å²) in [6.07, 6.45) is 0.950. The van der Waals surface area contributed by atoms with E-state index in [0.29, 0.717) is 18.7 Å². The van der Waals surface area contributed by atoms with Crippen LogP contribution < -0.4 is 10.1 Å². The van der Waals surface area contributed by atoms with Crippen LogP contribution in [0.1, 0.15) is 28.1 Å². The fourth-order valence-corrected chi connectivity index (χ4v) is 3.32. The zero-order valence-corrected chi connectivity index (χ0v) is 14.5. The molecule has 0 fully saturated rings. The second-order valence-corrected chi connectivity index (χ2v) is 6.37. The SMILES string of the molecule is N#Cc1cccc(Cn2nc(COc3ccccc3)c3c2CCNC3)c1. The fraction of sp³-hybridized carbons (Fsp3) is 0.238. The third-order valence-corrected chi connectivity index (χ3v) is 4.60. The van der Waals surface area contributed by atoms with Gasteiger partial charge in [-0.15, -0.1) is 0 Å². The summed E-state index contributed by atoms with van der Waals surface area (Å²) in [4.78, 5) is 0. The van der Waals surface area contributed by atoms with Crippen LogP contribution in [-0.2, 0) is 26.1 Å². The van der Waals surface area contributed by atoms with E-state index < -0.39 is 0 Å². The van der Waals surface area contributed by atoms with Crippen LogP contribution in [0.25, 0.3) is 0 Å². The Bertz CT molecular complexity index is 940. The smallest absolute Gasteiger partial charge is 0.132 e. The van der Waals surface area contributed by atoms with E-state index in [1.165, 1.54) is 11.3 Å². The number of fused-ring (bicyclic) bond motifs is 1. The lowest BCUT2D eigenvalue weighted by atomic mass is 10.1. The Kier molecular flexibility index (Phi) is 4.67. The minimum Gasteiger partial charge on any atom is -0.487 e. The topological polar surface area (TPSA) is 62.9 Å². The molecule has 0 unspecified atom stereocenters. The highest BCUT2D eigenvalue weighted by molar-refractivity contribution is 5.34. The lowest BCUT2D eigenvalue weighted by molar-refractivity contribution is 0.298. The molecule has 0 saturated heterocycles. The third kappa shape index (κ3) is 3.46. The van der Waals surface area contributed by atoms with Crippen molar-refractivity contribution in [3.8, 4) is 11.8 Å². The van der Waals surface area contributed by atoms with Crippen molar-refractivity contribution < 1.29 is 4.74 Å². The average molecular weight is 344 g/mol. The normalized spacial score (nSPS) is 13.0. The quantitative estimate of drug-likeness (QED) is 0.773. The van der Waals surface area contributed by atoms with Crippen LogP contribution in [0.3, 0.4) is 0 Å². The number of nitrogens with one attached hydrogen (secondary N) is 1. The van der Waals surface area contributed by atoms with E-state index in [2.05, 4.69) is 16.1 Å². The zero-order chi connectivity index (χ0) is 17.8. The van der Waals surface area contributed by atoms with Crippen LogP contribution in [0.15, 0.2) is 54.6 Å². The maximum atomic E-state index is 9.11. The van der Waals surface area contributed by atoms with Gasteiger partial charge < -0.3 is 10.1 Å². The Hall–Kier alpha value is -3.10. The Labute approximate surface area is 152 Å². The van der Waals surface area contributed by atoms with Crippen LogP contribution >= 0.6 is 0 Å². The van der Waals surface area contributed by atoms with Gasteiger partial charge in [0.05, 0.1) is 18.2 Å². The first-order valence-corrected chi connectivity index (χ1v) is 8.78. The zero-order valence-electron chi connectivity index (χ0n) is 14.5. The standard InChI is InChI=1S/C21H20N4O/c22-12-16-5-4-6-17(11-16)14-25-21-9-10-23-13-19(21)20(24-25)15-26-18-7-2-1-3-8-18/h1-8,11,23H,9-10,13-15H2. The van der Waals surface area contributed by atoms with Gasteiger partial charge in [0.1, 0.15) is 18.1 Å². The van der Waals surface area contributed by atoms with E-state index in [1.807, 2.05) is 54.6 Å². The molecular formula is C21H20N4O. The number of hydrogen-bond acceptors (Lipinski definition) is 4. The summed E-state index contributed by atoms with van der Waals surface area (Å²) in [5.74, 6) is 0.848. The van der Waals surface area contributed by atoms with Crippen molar-refractivity contribution in [1.29, 1.82) is 5.26 Å². The molecule has 1 aromatic heterocycles. The summed E-state index contributed by atoms with van der Waals surface area (Å²) in [5.41, 5.74) is 5.25. The van der Waals surface area contributed by atoms with Crippen molar-refractivity contribution in [2.75, 3.05) is 6.54 Å².